The van der Waals surface area contributed by atoms with Crippen LogP contribution in [-0.4, -0.2) is 46.4 Å². The first kappa shape index (κ1) is 23.3. The second-order valence-corrected chi connectivity index (χ2v) is 7.60. The normalized spacial score (nSPS) is 21.8. The van der Waals surface area contributed by atoms with E-state index in [9.17, 15) is 14.4 Å². The van der Waals surface area contributed by atoms with Gasteiger partial charge in [0.25, 0.3) is 11.5 Å². The molecule has 0 spiro atoms. The first-order valence-corrected chi connectivity index (χ1v) is 10.5. The molecule has 1 saturated heterocycles. The third kappa shape index (κ3) is 5.03. The molecular formula is C24H22FN3O6. The number of hydrogen-bond donors (Lipinski definition) is 1. The summed E-state index contributed by atoms with van der Waals surface area (Å²) in [7, 11) is 0. The standard InChI is InChI=1S/C24H22FN3O6/c25-18-20(34-24(31)16-9-5-2-6-10-16)17(14-32-13-15-7-3-1-4-8-15)33-23(18)28-12-11-27-19(21(26)29)22(28)30/h1-12,17-18,20,23H,13-14H2,(H2,26,29)/t17-,18+,20+,23+/m0/s1. The number of nitrogens with zero attached hydrogens (tertiary/aromatic N) is 2. The molecule has 10 heteroatoms. The van der Waals surface area contributed by atoms with Gasteiger partial charge >= 0.3 is 5.97 Å². The highest BCUT2D eigenvalue weighted by atomic mass is 19.1. The number of carbonyl (C=O) groups excluding carboxylic acids is 2. The van der Waals surface area contributed by atoms with Gasteiger partial charge in [-0.15, -0.1) is 0 Å². The Hall–Kier alpha value is -3.89. The summed E-state index contributed by atoms with van der Waals surface area (Å²) in [6.45, 7) is 0.115. The fraction of sp³-hybridized carbons (Fsp3) is 0.250. The third-order valence-electron chi connectivity index (χ3n) is 5.29. The van der Waals surface area contributed by atoms with E-state index in [4.69, 9.17) is 19.9 Å². The zero-order chi connectivity index (χ0) is 24.1. The van der Waals surface area contributed by atoms with Gasteiger partial charge in [-0.1, -0.05) is 48.5 Å². The van der Waals surface area contributed by atoms with Crippen molar-refractivity contribution < 1.29 is 28.2 Å². The lowest BCUT2D eigenvalue weighted by Gasteiger charge is -2.20. The van der Waals surface area contributed by atoms with Crippen LogP contribution in [0.25, 0.3) is 0 Å². The molecular weight excluding hydrogens is 445 g/mol. The number of aromatic nitrogens is 2. The fourth-order valence-corrected chi connectivity index (χ4v) is 3.62. The van der Waals surface area contributed by atoms with E-state index in [1.165, 1.54) is 18.3 Å². The van der Waals surface area contributed by atoms with E-state index in [0.717, 1.165) is 16.3 Å². The second kappa shape index (κ2) is 10.4. The number of amides is 1. The SMILES string of the molecule is NC(=O)c1nccn([C@@H]2O[C@@H](COCc3ccccc3)[C@@H](OC(=O)c3ccccc3)[C@H]2F)c1=O. The van der Waals surface area contributed by atoms with Crippen LogP contribution in [0.4, 0.5) is 4.39 Å². The molecule has 1 aliphatic heterocycles. The molecule has 4 atom stereocenters. The Morgan fingerprint density at radius 2 is 1.76 bits per heavy atom. The minimum Gasteiger partial charge on any atom is -0.453 e. The van der Waals surface area contributed by atoms with Crippen molar-refractivity contribution in [2.45, 2.75) is 31.2 Å². The van der Waals surface area contributed by atoms with Gasteiger partial charge in [0.15, 0.2) is 24.2 Å². The van der Waals surface area contributed by atoms with Crippen LogP contribution in [0.1, 0.15) is 32.6 Å². The number of primary amides is 1. The summed E-state index contributed by atoms with van der Waals surface area (Å²) in [4.78, 5) is 40.4. The average molecular weight is 467 g/mol. The van der Waals surface area contributed by atoms with Crippen molar-refractivity contribution in [1.82, 2.24) is 9.55 Å². The molecule has 3 aromatic rings. The number of carbonyl (C=O) groups is 2. The summed E-state index contributed by atoms with van der Waals surface area (Å²) in [6, 6.07) is 17.4. The van der Waals surface area contributed by atoms with Crippen LogP contribution in [0.5, 0.6) is 0 Å². The number of hydrogen-bond acceptors (Lipinski definition) is 7. The molecule has 34 heavy (non-hydrogen) atoms. The highest BCUT2D eigenvalue weighted by Gasteiger charge is 2.49. The molecule has 2 aromatic carbocycles. The highest BCUT2D eigenvalue weighted by Crippen LogP contribution is 2.34. The number of ether oxygens (including phenoxy) is 3. The minimum atomic E-state index is -1.93. The van der Waals surface area contributed by atoms with Crippen molar-refractivity contribution in [1.29, 1.82) is 0 Å². The number of alkyl halides is 1. The van der Waals surface area contributed by atoms with E-state index < -0.39 is 47.7 Å². The average Bonchev–Trinajstić information content (AvgIpc) is 3.15. The van der Waals surface area contributed by atoms with Gasteiger partial charge in [0.2, 0.25) is 0 Å². The van der Waals surface area contributed by atoms with Crippen molar-refractivity contribution in [2.24, 2.45) is 5.73 Å². The first-order valence-electron chi connectivity index (χ1n) is 10.5. The number of rotatable bonds is 8. The van der Waals surface area contributed by atoms with Gasteiger partial charge in [0.05, 0.1) is 18.8 Å². The largest absolute Gasteiger partial charge is 0.453 e. The van der Waals surface area contributed by atoms with Gasteiger partial charge < -0.3 is 19.9 Å². The molecule has 2 heterocycles. The highest BCUT2D eigenvalue weighted by molar-refractivity contribution is 5.90. The van der Waals surface area contributed by atoms with Crippen LogP contribution >= 0.6 is 0 Å². The molecule has 0 unspecified atom stereocenters. The van der Waals surface area contributed by atoms with Crippen LogP contribution < -0.4 is 11.3 Å². The van der Waals surface area contributed by atoms with Gasteiger partial charge in [0, 0.05) is 12.4 Å². The Bertz CT molecular complexity index is 1200. The van der Waals surface area contributed by atoms with Crippen LogP contribution in [0.3, 0.4) is 0 Å². The van der Waals surface area contributed by atoms with Gasteiger partial charge in [0.1, 0.15) is 6.10 Å². The van der Waals surface area contributed by atoms with Gasteiger partial charge in [-0.05, 0) is 17.7 Å². The molecule has 1 fully saturated rings. The molecule has 1 aliphatic rings. The summed E-state index contributed by atoms with van der Waals surface area (Å²) in [6.07, 6.45) is -3.48. The van der Waals surface area contributed by atoms with Gasteiger partial charge in [-0.2, -0.15) is 0 Å². The van der Waals surface area contributed by atoms with Crippen LogP contribution in [0.15, 0.2) is 77.9 Å². The van der Waals surface area contributed by atoms with Crippen molar-refractivity contribution in [2.75, 3.05) is 6.61 Å². The molecule has 2 N–H and O–H groups in total. The number of halogens is 1. The lowest BCUT2D eigenvalue weighted by Crippen LogP contribution is -2.38. The summed E-state index contributed by atoms with van der Waals surface area (Å²) < 4.78 is 33.4. The van der Waals surface area contributed by atoms with E-state index in [0.29, 0.717) is 0 Å². The lowest BCUT2D eigenvalue weighted by molar-refractivity contribution is -0.0715. The topological polar surface area (TPSA) is 123 Å². The summed E-state index contributed by atoms with van der Waals surface area (Å²) >= 11 is 0. The first-order chi connectivity index (χ1) is 16.5. The number of benzene rings is 2. The molecule has 0 saturated carbocycles. The van der Waals surface area contributed by atoms with Gasteiger partial charge in [-0.3, -0.25) is 14.2 Å². The third-order valence-corrected chi connectivity index (χ3v) is 5.29. The molecule has 0 aliphatic carbocycles. The second-order valence-electron chi connectivity index (χ2n) is 7.60. The minimum absolute atomic E-state index is 0.110. The van der Waals surface area contributed by atoms with Crippen molar-refractivity contribution in [3.05, 3.63) is 100 Å². The van der Waals surface area contributed by atoms with Crippen LogP contribution in [0.2, 0.25) is 0 Å². The van der Waals surface area contributed by atoms with Gasteiger partial charge in [-0.25, -0.2) is 14.2 Å². The molecule has 0 radical (unpaired) electrons. The van der Waals surface area contributed by atoms with Crippen LogP contribution in [0, 0.1) is 0 Å². The predicted molar refractivity (Wildman–Crippen MR) is 118 cm³/mol. The van der Waals surface area contributed by atoms with Crippen molar-refractivity contribution in [3.8, 4) is 0 Å². The Labute approximate surface area is 193 Å². The van der Waals surface area contributed by atoms with E-state index in [1.807, 2.05) is 30.3 Å². The monoisotopic (exact) mass is 467 g/mol. The molecule has 9 nitrogen and oxygen atoms in total. The Balaban J connectivity index is 1.56. The predicted octanol–water partition coefficient (Wildman–Crippen LogP) is 2.02. The summed E-state index contributed by atoms with van der Waals surface area (Å²) in [5.41, 5.74) is 4.84. The fourth-order valence-electron chi connectivity index (χ4n) is 3.62. The molecule has 1 aromatic heterocycles. The molecule has 4 rings (SSSR count). The number of esters is 1. The summed E-state index contributed by atoms with van der Waals surface area (Å²) in [5.74, 6) is -1.80. The quantitative estimate of drug-likeness (QED) is 0.503. The number of nitrogens with two attached hydrogens (primary N) is 1. The maximum absolute atomic E-state index is 15.6. The van der Waals surface area contributed by atoms with Crippen LogP contribution in [-0.2, 0) is 20.8 Å². The summed E-state index contributed by atoms with van der Waals surface area (Å²) in [5, 5.41) is 0. The van der Waals surface area contributed by atoms with Crippen molar-refractivity contribution in [3.63, 3.8) is 0 Å². The maximum Gasteiger partial charge on any atom is 0.338 e. The molecule has 176 valence electrons. The Morgan fingerprint density at radius 1 is 1.09 bits per heavy atom. The van der Waals surface area contributed by atoms with E-state index in [1.54, 1.807) is 18.2 Å². The Morgan fingerprint density at radius 3 is 2.44 bits per heavy atom. The van der Waals surface area contributed by atoms with E-state index in [2.05, 4.69) is 4.98 Å². The van der Waals surface area contributed by atoms with E-state index in [-0.39, 0.29) is 18.8 Å². The zero-order valence-electron chi connectivity index (χ0n) is 18.0. The lowest BCUT2D eigenvalue weighted by atomic mass is 10.1. The molecule has 1 amide bonds. The maximum atomic E-state index is 15.6. The Kier molecular flexibility index (Phi) is 7.09. The smallest absolute Gasteiger partial charge is 0.338 e. The zero-order valence-corrected chi connectivity index (χ0v) is 18.0. The van der Waals surface area contributed by atoms with E-state index >= 15 is 4.39 Å². The van der Waals surface area contributed by atoms with Crippen molar-refractivity contribution >= 4 is 11.9 Å². The molecule has 0 bridgehead atoms.